The predicted molar refractivity (Wildman–Crippen MR) is 370 cm³/mol. The van der Waals surface area contributed by atoms with Gasteiger partial charge in [0.25, 0.3) is 0 Å². The summed E-state index contributed by atoms with van der Waals surface area (Å²) in [6, 6.07) is 31.6. The van der Waals surface area contributed by atoms with Crippen LogP contribution in [0.15, 0.2) is 102 Å². The molecule has 0 radical (unpaired) electrons. The van der Waals surface area contributed by atoms with Crippen molar-refractivity contribution in [2.24, 2.45) is 53.3 Å². The number of fused-ring (bicyclic) bond motifs is 8. The molecule has 4 heterocycles. The number of thioether (sulfide) groups is 1. The Labute approximate surface area is 541 Å². The number of anilines is 4. The molecule has 0 amide bonds. The van der Waals surface area contributed by atoms with Gasteiger partial charge in [-0.3, -0.25) is 19.6 Å². The van der Waals surface area contributed by atoms with Crippen LogP contribution in [0.1, 0.15) is 120 Å². The molecule has 12 aliphatic rings. The lowest BCUT2D eigenvalue weighted by Crippen LogP contribution is -2.53. The Balaban J connectivity index is 0.000000109. The molecule has 16 rings (SSSR count). The molecular weight excluding hydrogens is 1120 g/mol. The van der Waals surface area contributed by atoms with E-state index in [4.69, 9.17) is 9.47 Å². The molecule has 484 valence electrons. The fraction of sp³-hybridized carbons (Fsp3) is 0.662. The van der Waals surface area contributed by atoms with Gasteiger partial charge in [0.15, 0.2) is 0 Å². The van der Waals surface area contributed by atoms with E-state index in [9.17, 15) is 4.39 Å². The zero-order chi connectivity index (χ0) is 60.8. The van der Waals surface area contributed by atoms with E-state index in [1.54, 1.807) is 26.4 Å². The van der Waals surface area contributed by atoms with Crippen molar-refractivity contribution >= 4 is 34.5 Å². The fourth-order valence-electron chi connectivity index (χ4n) is 19.8. The van der Waals surface area contributed by atoms with Gasteiger partial charge in [0, 0.05) is 146 Å². The minimum absolute atomic E-state index is 0.197. The first kappa shape index (κ1) is 63.3. The third kappa shape index (κ3) is 15.0. The van der Waals surface area contributed by atoms with Crippen LogP contribution in [0.5, 0.6) is 11.5 Å². The van der Waals surface area contributed by atoms with Gasteiger partial charge in [0.1, 0.15) is 17.3 Å². The standard InChI is InChI=1S/C20H30N2.C19H25FN2O.C19H28N2O.C19H28N2S/c1-15-3-4-16(2)20(13-15)22-11-9-21(10-12-22)19-8-6-17-5-7-18(19)14-17;1-23-19-5-4-17(20)12-18(19)22-8-6-21(7-9-22)13-16-11-14-2-3-15(16)10-14;2*1-22-19-5-3-2-4-18(19)21-12-10-20(11-13-21)17-9-7-15-6-8-16(17)14-15/h3-4,13,17-19H,5-12,14H2,1-2H3;2-5,12,14-16H,6-11,13H2,1H3;2*2-5,15-17H,6-14H2,1H3/t;;15-,16?,17?;/m..1./s1. The Kier molecular flexibility index (Phi) is 21.1. The average molecular weight is 1230 g/mol. The number of hydrogen-bond donors (Lipinski definition) is 0. The Morgan fingerprint density at radius 2 is 0.910 bits per heavy atom. The maximum atomic E-state index is 13.6. The van der Waals surface area contributed by atoms with Crippen LogP contribution in [-0.4, -0.2) is 169 Å². The lowest BCUT2D eigenvalue weighted by molar-refractivity contribution is 0.103. The molecule has 12 heteroatoms. The molecule has 12 atom stereocenters. The van der Waals surface area contributed by atoms with E-state index >= 15 is 0 Å². The zero-order valence-electron chi connectivity index (χ0n) is 55.4. The second kappa shape index (κ2) is 29.7. The van der Waals surface area contributed by atoms with Gasteiger partial charge in [-0.2, -0.15) is 0 Å². The average Bonchev–Trinajstić information content (AvgIpc) is 4.60. The highest BCUT2D eigenvalue weighted by molar-refractivity contribution is 7.98. The number of nitrogens with zero attached hydrogens (tertiary/aromatic N) is 8. The minimum Gasteiger partial charge on any atom is -0.495 e. The van der Waals surface area contributed by atoms with Crippen molar-refractivity contribution in [3.63, 3.8) is 0 Å². The Hall–Kier alpha value is -4.46. The molecule has 0 N–H and O–H groups in total. The summed E-state index contributed by atoms with van der Waals surface area (Å²) >= 11 is 1.87. The molecule has 4 aromatic carbocycles. The quantitative estimate of drug-likeness (QED) is 0.101. The van der Waals surface area contributed by atoms with Crippen LogP contribution in [0.3, 0.4) is 0 Å². The number of para-hydroxylation sites is 3. The summed E-state index contributed by atoms with van der Waals surface area (Å²) in [6.45, 7) is 24.2. The summed E-state index contributed by atoms with van der Waals surface area (Å²) in [5.41, 5.74) is 7.86. The maximum Gasteiger partial charge on any atom is 0.142 e. The second-order valence-electron chi connectivity index (χ2n) is 29.6. The van der Waals surface area contributed by atoms with Crippen molar-refractivity contribution in [3.05, 3.63) is 114 Å². The first-order valence-corrected chi connectivity index (χ1v) is 37.1. The monoisotopic (exact) mass is 1230 g/mol. The fourth-order valence-corrected chi connectivity index (χ4v) is 20.4. The van der Waals surface area contributed by atoms with E-state index in [2.05, 4.69) is 138 Å². The van der Waals surface area contributed by atoms with Crippen LogP contribution in [0.4, 0.5) is 27.1 Å². The zero-order valence-corrected chi connectivity index (χ0v) is 56.2. The largest absolute Gasteiger partial charge is 0.495 e. The number of rotatable bonds is 12. The number of piperazine rings is 4. The van der Waals surface area contributed by atoms with E-state index in [1.807, 2.05) is 11.8 Å². The van der Waals surface area contributed by atoms with Crippen LogP contribution in [0.25, 0.3) is 0 Å². The highest BCUT2D eigenvalue weighted by Crippen LogP contribution is 2.48. The molecule has 8 bridgehead atoms. The number of methoxy groups -OCH3 is 2. The van der Waals surface area contributed by atoms with E-state index < -0.39 is 0 Å². The third-order valence-corrected chi connectivity index (χ3v) is 25.4. The van der Waals surface area contributed by atoms with Gasteiger partial charge in [0.2, 0.25) is 0 Å². The second-order valence-corrected chi connectivity index (χ2v) is 30.4. The van der Waals surface area contributed by atoms with E-state index in [-0.39, 0.29) is 5.82 Å². The molecule has 0 aromatic heterocycles. The third-order valence-electron chi connectivity index (χ3n) is 24.7. The first-order chi connectivity index (χ1) is 43.6. The maximum absolute atomic E-state index is 13.6. The number of hydrogen-bond acceptors (Lipinski definition) is 11. The molecule has 10 nitrogen and oxygen atoms in total. The van der Waals surface area contributed by atoms with Crippen LogP contribution >= 0.6 is 11.8 Å². The lowest BCUT2D eigenvalue weighted by atomic mass is 9.84. The van der Waals surface area contributed by atoms with Gasteiger partial charge >= 0.3 is 0 Å². The van der Waals surface area contributed by atoms with Crippen LogP contribution in [0, 0.1) is 72.9 Å². The molecule has 11 fully saturated rings. The summed E-state index contributed by atoms with van der Waals surface area (Å²) in [5.74, 6) is 10.3. The first-order valence-electron chi connectivity index (χ1n) is 35.9. The molecule has 4 aromatic rings. The Morgan fingerprint density at radius 1 is 0.438 bits per heavy atom. The molecule has 7 saturated carbocycles. The van der Waals surface area contributed by atoms with Crippen LogP contribution in [-0.2, 0) is 0 Å². The van der Waals surface area contributed by atoms with E-state index in [1.165, 1.54) is 220 Å². The van der Waals surface area contributed by atoms with Crippen molar-refractivity contribution in [1.82, 2.24) is 19.6 Å². The van der Waals surface area contributed by atoms with Gasteiger partial charge in [-0.15, -0.1) is 11.8 Å². The molecule has 89 heavy (non-hydrogen) atoms. The molecular formula is C77H111FN8O2S. The van der Waals surface area contributed by atoms with E-state index in [0.717, 1.165) is 128 Å². The van der Waals surface area contributed by atoms with Gasteiger partial charge in [-0.25, -0.2) is 4.39 Å². The molecule has 11 unspecified atom stereocenters. The summed E-state index contributed by atoms with van der Waals surface area (Å²) in [4.78, 5) is 22.4. The number of halogens is 1. The van der Waals surface area contributed by atoms with Gasteiger partial charge in [-0.05, 0) is 217 Å². The van der Waals surface area contributed by atoms with Crippen molar-refractivity contribution in [2.45, 2.75) is 146 Å². The molecule has 8 aliphatic carbocycles. The SMILES string of the molecule is COc1ccc(F)cc1N1CCN(CC2CC3C=CC2C3)CC1.COc1ccccc1N1CCN(C2CC[C@H]3CCC2C3)CC1.CSc1ccccc1N1CCN(C2CCC3CCC2C3)CC1.Cc1ccc(C)c(N2CCN(C3CCC4CCC3C4)CC2)c1. The van der Waals surface area contributed by atoms with Gasteiger partial charge in [-0.1, -0.05) is 67.8 Å². The minimum atomic E-state index is -0.197. The lowest BCUT2D eigenvalue weighted by Gasteiger charge is -2.44. The smallest absolute Gasteiger partial charge is 0.142 e. The van der Waals surface area contributed by atoms with Gasteiger partial charge < -0.3 is 29.1 Å². The van der Waals surface area contributed by atoms with Crippen molar-refractivity contribution in [3.8, 4) is 11.5 Å². The number of ether oxygens (including phenoxy) is 2. The molecule has 0 spiro atoms. The van der Waals surface area contributed by atoms with E-state index in [0.29, 0.717) is 0 Å². The summed E-state index contributed by atoms with van der Waals surface area (Å²) in [6.07, 6.45) is 32.3. The normalized spacial score (nSPS) is 31.8. The van der Waals surface area contributed by atoms with Crippen molar-refractivity contribution in [2.75, 3.05) is 151 Å². The number of allylic oxidation sites excluding steroid dienone is 2. The molecule has 4 saturated heterocycles. The summed E-state index contributed by atoms with van der Waals surface area (Å²) < 4.78 is 24.5. The Morgan fingerprint density at radius 3 is 1.43 bits per heavy atom. The Bertz CT molecular complexity index is 2840. The number of benzene rings is 4. The topological polar surface area (TPSA) is 44.4 Å². The summed E-state index contributed by atoms with van der Waals surface area (Å²) in [7, 11) is 3.42. The number of aryl methyl sites for hydroxylation is 2. The van der Waals surface area contributed by atoms with Crippen molar-refractivity contribution in [1.29, 1.82) is 0 Å². The summed E-state index contributed by atoms with van der Waals surface area (Å²) in [5, 5.41) is 0. The van der Waals surface area contributed by atoms with Crippen molar-refractivity contribution < 1.29 is 13.9 Å². The predicted octanol–water partition coefficient (Wildman–Crippen LogP) is 14.7. The van der Waals surface area contributed by atoms with Crippen LogP contribution in [0.2, 0.25) is 0 Å². The highest BCUT2D eigenvalue weighted by atomic mass is 32.2. The van der Waals surface area contributed by atoms with Crippen LogP contribution < -0.4 is 29.1 Å². The highest BCUT2D eigenvalue weighted by Gasteiger charge is 2.43. The molecule has 4 aliphatic heterocycles. The van der Waals surface area contributed by atoms with Gasteiger partial charge in [0.05, 0.1) is 31.3 Å².